The van der Waals surface area contributed by atoms with Crippen LogP contribution in [-0.2, 0) is 9.63 Å². The lowest BCUT2D eigenvalue weighted by Gasteiger charge is -2.30. The number of hydroxylamine groups is 1. The summed E-state index contributed by atoms with van der Waals surface area (Å²) in [6.45, 7) is 3.42. The van der Waals surface area contributed by atoms with Crippen molar-refractivity contribution in [2.45, 2.75) is 19.8 Å². The van der Waals surface area contributed by atoms with E-state index in [1.54, 1.807) is 11.0 Å². The number of nitrogens with zero attached hydrogens (tertiary/aromatic N) is 1. The first-order chi connectivity index (χ1) is 9.22. The zero-order valence-corrected chi connectivity index (χ0v) is 10.9. The van der Waals surface area contributed by atoms with Crippen LogP contribution in [0.5, 0.6) is 0 Å². The van der Waals surface area contributed by atoms with Gasteiger partial charge in [0.25, 0.3) is 5.91 Å². The Hall–Kier alpha value is -1.82. The summed E-state index contributed by atoms with van der Waals surface area (Å²) in [5.41, 5.74) is 2.97. The largest absolute Gasteiger partial charge is 0.472 e. The van der Waals surface area contributed by atoms with Crippen LogP contribution < -0.4 is 5.48 Å². The van der Waals surface area contributed by atoms with Crippen molar-refractivity contribution in [3.63, 3.8) is 0 Å². The number of likely N-dealkylation sites (tertiary alicyclic amines) is 1. The predicted molar refractivity (Wildman–Crippen MR) is 67.1 cm³/mol. The van der Waals surface area contributed by atoms with E-state index in [4.69, 9.17) is 9.25 Å². The van der Waals surface area contributed by atoms with Gasteiger partial charge in [0, 0.05) is 19.0 Å². The Labute approximate surface area is 111 Å². The molecular weight excluding hydrogens is 248 g/mol. The molecule has 2 amide bonds. The minimum absolute atomic E-state index is 0.0441. The molecule has 1 aliphatic rings. The van der Waals surface area contributed by atoms with Crippen LogP contribution >= 0.6 is 0 Å². The second-order valence-corrected chi connectivity index (χ2v) is 4.48. The molecule has 6 heteroatoms. The Bertz CT molecular complexity index is 422. The summed E-state index contributed by atoms with van der Waals surface area (Å²) in [6.07, 6.45) is 4.23. The first kappa shape index (κ1) is 13.6. The Morgan fingerprint density at radius 3 is 2.79 bits per heavy atom. The van der Waals surface area contributed by atoms with Crippen molar-refractivity contribution in [3.05, 3.63) is 24.2 Å². The van der Waals surface area contributed by atoms with Gasteiger partial charge in [-0.2, -0.15) is 0 Å². The molecule has 0 aromatic carbocycles. The first-order valence-electron chi connectivity index (χ1n) is 6.45. The van der Waals surface area contributed by atoms with Crippen molar-refractivity contribution < 1.29 is 18.8 Å². The van der Waals surface area contributed by atoms with Gasteiger partial charge in [-0.25, -0.2) is 5.48 Å². The highest BCUT2D eigenvalue weighted by molar-refractivity contribution is 5.94. The van der Waals surface area contributed by atoms with E-state index in [0.29, 0.717) is 38.1 Å². The van der Waals surface area contributed by atoms with E-state index in [0.717, 1.165) is 0 Å². The van der Waals surface area contributed by atoms with E-state index in [2.05, 4.69) is 5.48 Å². The van der Waals surface area contributed by atoms with E-state index < -0.39 is 0 Å². The van der Waals surface area contributed by atoms with E-state index in [-0.39, 0.29) is 17.7 Å². The molecule has 1 aliphatic heterocycles. The fourth-order valence-electron chi connectivity index (χ4n) is 2.14. The van der Waals surface area contributed by atoms with Crippen LogP contribution in [0.25, 0.3) is 0 Å². The number of furan rings is 1. The highest BCUT2D eigenvalue weighted by Gasteiger charge is 2.28. The van der Waals surface area contributed by atoms with Crippen molar-refractivity contribution in [3.8, 4) is 0 Å². The summed E-state index contributed by atoms with van der Waals surface area (Å²) in [4.78, 5) is 30.4. The molecule has 0 spiro atoms. The van der Waals surface area contributed by atoms with Gasteiger partial charge in [0.1, 0.15) is 6.26 Å². The normalized spacial score (nSPS) is 16.4. The third-order valence-corrected chi connectivity index (χ3v) is 3.24. The Balaban J connectivity index is 1.82. The lowest BCUT2D eigenvalue weighted by molar-refractivity contribution is -0.138. The van der Waals surface area contributed by atoms with Crippen LogP contribution in [-0.4, -0.2) is 36.4 Å². The SMILES string of the molecule is CCONC(=O)C1CCN(C(=O)c2ccoc2)CC1. The summed E-state index contributed by atoms with van der Waals surface area (Å²) >= 11 is 0. The van der Waals surface area contributed by atoms with E-state index in [1.165, 1.54) is 12.5 Å². The molecule has 0 radical (unpaired) electrons. The average Bonchev–Trinajstić information content (AvgIpc) is 2.98. The lowest BCUT2D eigenvalue weighted by Crippen LogP contribution is -2.43. The second-order valence-electron chi connectivity index (χ2n) is 4.48. The number of carbonyl (C=O) groups excluding carboxylic acids is 2. The van der Waals surface area contributed by atoms with Crippen molar-refractivity contribution in [2.24, 2.45) is 5.92 Å². The molecule has 0 atom stereocenters. The van der Waals surface area contributed by atoms with Gasteiger partial charge >= 0.3 is 0 Å². The van der Waals surface area contributed by atoms with Gasteiger partial charge in [-0.15, -0.1) is 0 Å². The number of hydrogen-bond donors (Lipinski definition) is 1. The zero-order valence-electron chi connectivity index (χ0n) is 10.9. The van der Waals surface area contributed by atoms with Gasteiger partial charge in [0.05, 0.1) is 18.4 Å². The number of hydrogen-bond acceptors (Lipinski definition) is 4. The highest BCUT2D eigenvalue weighted by atomic mass is 16.6. The molecule has 19 heavy (non-hydrogen) atoms. The van der Waals surface area contributed by atoms with Gasteiger partial charge in [-0.05, 0) is 25.8 Å². The van der Waals surface area contributed by atoms with Crippen molar-refractivity contribution in [1.82, 2.24) is 10.4 Å². The van der Waals surface area contributed by atoms with Crippen LogP contribution in [0.3, 0.4) is 0 Å². The Morgan fingerprint density at radius 2 is 2.21 bits per heavy atom. The Morgan fingerprint density at radius 1 is 1.47 bits per heavy atom. The molecule has 1 N–H and O–H groups in total. The molecular formula is C13H18N2O4. The van der Waals surface area contributed by atoms with Crippen LogP contribution in [0.1, 0.15) is 30.1 Å². The smallest absolute Gasteiger partial charge is 0.257 e. The monoisotopic (exact) mass is 266 g/mol. The topological polar surface area (TPSA) is 71.8 Å². The van der Waals surface area contributed by atoms with Gasteiger partial charge < -0.3 is 9.32 Å². The van der Waals surface area contributed by atoms with Gasteiger partial charge in [0.2, 0.25) is 5.91 Å². The lowest BCUT2D eigenvalue weighted by atomic mass is 9.96. The fraction of sp³-hybridized carbons (Fsp3) is 0.538. The number of carbonyl (C=O) groups is 2. The Kier molecular flexibility index (Phi) is 4.57. The molecule has 2 heterocycles. The molecule has 104 valence electrons. The number of nitrogens with one attached hydrogen (secondary N) is 1. The van der Waals surface area contributed by atoms with E-state index in [1.807, 2.05) is 6.92 Å². The second kappa shape index (κ2) is 6.38. The third-order valence-electron chi connectivity index (χ3n) is 3.24. The molecule has 2 rings (SSSR count). The van der Waals surface area contributed by atoms with Crippen LogP contribution in [0.15, 0.2) is 23.0 Å². The summed E-state index contributed by atoms with van der Waals surface area (Å²) in [5.74, 6) is -0.227. The average molecular weight is 266 g/mol. The van der Waals surface area contributed by atoms with Crippen LogP contribution in [0, 0.1) is 5.92 Å². The third kappa shape index (κ3) is 3.35. The molecule has 0 bridgehead atoms. The summed E-state index contributed by atoms with van der Waals surface area (Å²) in [5, 5.41) is 0. The maximum atomic E-state index is 12.1. The summed E-state index contributed by atoms with van der Waals surface area (Å²) in [6, 6.07) is 1.65. The maximum Gasteiger partial charge on any atom is 0.257 e. The summed E-state index contributed by atoms with van der Waals surface area (Å²) in [7, 11) is 0. The maximum absolute atomic E-state index is 12.1. The molecule has 0 saturated carbocycles. The first-order valence-corrected chi connectivity index (χ1v) is 6.45. The molecule has 1 aromatic rings. The predicted octanol–water partition coefficient (Wildman–Crippen LogP) is 1.20. The standard InChI is InChI=1S/C13H18N2O4/c1-2-19-14-12(16)10-3-6-15(7-4-10)13(17)11-5-8-18-9-11/h5,8-10H,2-4,6-7H2,1H3,(H,14,16). The van der Waals surface area contributed by atoms with Gasteiger partial charge in [0.15, 0.2) is 0 Å². The van der Waals surface area contributed by atoms with E-state index >= 15 is 0 Å². The van der Waals surface area contributed by atoms with E-state index in [9.17, 15) is 9.59 Å². The van der Waals surface area contributed by atoms with Crippen molar-refractivity contribution in [1.29, 1.82) is 0 Å². The minimum atomic E-state index is -0.0998. The highest BCUT2D eigenvalue weighted by Crippen LogP contribution is 2.19. The molecule has 0 unspecified atom stereocenters. The van der Waals surface area contributed by atoms with Crippen LogP contribution in [0.2, 0.25) is 0 Å². The molecule has 1 aromatic heterocycles. The fourth-order valence-corrected chi connectivity index (χ4v) is 2.14. The van der Waals surface area contributed by atoms with Gasteiger partial charge in [-0.3, -0.25) is 14.4 Å². The minimum Gasteiger partial charge on any atom is -0.472 e. The summed E-state index contributed by atoms with van der Waals surface area (Å²) < 4.78 is 4.90. The van der Waals surface area contributed by atoms with Crippen molar-refractivity contribution in [2.75, 3.05) is 19.7 Å². The molecule has 6 nitrogen and oxygen atoms in total. The molecule has 1 fully saturated rings. The zero-order chi connectivity index (χ0) is 13.7. The van der Waals surface area contributed by atoms with Crippen LogP contribution in [0.4, 0.5) is 0 Å². The van der Waals surface area contributed by atoms with Gasteiger partial charge in [-0.1, -0.05) is 0 Å². The number of amides is 2. The number of piperidine rings is 1. The molecule has 0 aliphatic carbocycles. The molecule has 1 saturated heterocycles. The number of rotatable bonds is 4. The van der Waals surface area contributed by atoms with Crippen molar-refractivity contribution >= 4 is 11.8 Å². The quantitative estimate of drug-likeness (QED) is 0.831.